The molecule has 0 amide bonds. The summed E-state index contributed by atoms with van der Waals surface area (Å²) in [5, 5.41) is 7.88. The van der Waals surface area contributed by atoms with Crippen molar-refractivity contribution in [1.82, 2.24) is 0 Å². The molecule has 0 rings (SSSR count). The lowest BCUT2D eigenvalue weighted by atomic mass is 10.2. The van der Waals surface area contributed by atoms with Crippen LogP contribution in [0, 0.1) is 0 Å². The minimum atomic E-state index is -7.67. The second-order valence-corrected chi connectivity index (χ2v) is 4.30. The lowest BCUT2D eigenvalue weighted by Gasteiger charge is -2.37. The van der Waals surface area contributed by atoms with Crippen LogP contribution in [0.15, 0.2) is 11.9 Å². The molecule has 0 heterocycles. The first-order valence-corrected chi connectivity index (χ1v) is 5.58. The Labute approximate surface area is 141 Å². The van der Waals surface area contributed by atoms with Crippen molar-refractivity contribution in [3.63, 3.8) is 0 Å². The molecule has 0 aromatic carbocycles. The first-order valence-electron chi connectivity index (χ1n) is 5.58. The molecule has 1 N–H and O–H groups in total. The van der Waals surface area contributed by atoms with Crippen LogP contribution in [0.1, 0.15) is 0 Å². The van der Waals surface area contributed by atoms with Crippen molar-refractivity contribution in [2.75, 3.05) is 0 Å². The van der Waals surface area contributed by atoms with E-state index in [0.717, 1.165) is 0 Å². The number of halogens is 15. The van der Waals surface area contributed by atoms with Crippen LogP contribution in [-0.4, -0.2) is 47.4 Å². The Morgan fingerprint density at radius 3 is 1.32 bits per heavy atom. The van der Waals surface area contributed by atoms with Crippen LogP contribution < -0.4 is 0 Å². The van der Waals surface area contributed by atoms with Crippen LogP contribution in [0.2, 0.25) is 0 Å². The summed E-state index contributed by atoms with van der Waals surface area (Å²) in [6.07, 6.45) is -33.6. The van der Waals surface area contributed by atoms with Crippen LogP contribution in [-0.2, 0) is 14.3 Å². The van der Waals surface area contributed by atoms with Crippen molar-refractivity contribution in [3.05, 3.63) is 11.9 Å². The Kier molecular flexibility index (Phi) is 6.67. The number of rotatable bonds is 7. The van der Waals surface area contributed by atoms with Crippen LogP contribution in [0.25, 0.3) is 0 Å². The van der Waals surface area contributed by atoms with Gasteiger partial charge in [0.1, 0.15) is 0 Å². The zero-order chi connectivity index (χ0) is 23.1. The second-order valence-electron chi connectivity index (χ2n) is 4.30. The van der Waals surface area contributed by atoms with Crippen molar-refractivity contribution in [2.24, 2.45) is 0 Å². The maximum Gasteiger partial charge on any atom is 0.460 e. The highest BCUT2D eigenvalue weighted by Gasteiger charge is 2.82. The summed E-state index contributed by atoms with van der Waals surface area (Å²) in [5.41, 5.74) is 0. The third-order valence-electron chi connectivity index (χ3n) is 2.34. The summed E-state index contributed by atoms with van der Waals surface area (Å²) < 4.78 is 191. The first-order chi connectivity index (χ1) is 12.0. The van der Waals surface area contributed by atoms with Gasteiger partial charge < -0.3 is 5.11 Å². The zero-order valence-electron chi connectivity index (χ0n) is 11.8. The molecule has 0 fully saturated rings. The Hall–Kier alpha value is -1.92. The summed E-state index contributed by atoms with van der Waals surface area (Å²) in [7, 11) is 0. The molecule has 0 radical (unpaired) electrons. The van der Waals surface area contributed by atoms with E-state index in [1.807, 2.05) is 0 Å². The van der Waals surface area contributed by atoms with E-state index in [1.165, 1.54) is 0 Å². The number of alkyl halides is 12. The van der Waals surface area contributed by atoms with E-state index in [9.17, 15) is 70.7 Å². The molecular formula is C9HF15O4. The molecular weight excluding hydrogens is 457 g/mol. The van der Waals surface area contributed by atoms with Gasteiger partial charge in [-0.1, -0.05) is 0 Å². The van der Waals surface area contributed by atoms with Gasteiger partial charge in [-0.15, -0.1) is 0 Å². The van der Waals surface area contributed by atoms with Gasteiger partial charge in [0.05, 0.1) is 0 Å². The SMILES string of the molecule is O=C(O)C(F)(OC(F)(F)C(F)(OC(F)(F)C(F)=C(F)F)C(F)(F)F)C(F)(F)F. The van der Waals surface area contributed by atoms with Crippen LogP contribution >= 0.6 is 0 Å². The first kappa shape index (κ1) is 26.1. The minimum Gasteiger partial charge on any atom is -0.477 e. The van der Waals surface area contributed by atoms with E-state index in [0.29, 0.717) is 0 Å². The van der Waals surface area contributed by atoms with Crippen LogP contribution in [0.4, 0.5) is 65.9 Å². The van der Waals surface area contributed by atoms with Gasteiger partial charge >= 0.3 is 48.3 Å². The third kappa shape index (κ3) is 4.55. The van der Waals surface area contributed by atoms with Crippen molar-refractivity contribution in [1.29, 1.82) is 0 Å². The van der Waals surface area contributed by atoms with Gasteiger partial charge in [-0.25, -0.2) is 4.79 Å². The summed E-state index contributed by atoms with van der Waals surface area (Å²) >= 11 is 0. The van der Waals surface area contributed by atoms with Gasteiger partial charge in [0.25, 0.3) is 5.83 Å². The van der Waals surface area contributed by atoms with E-state index in [-0.39, 0.29) is 0 Å². The monoisotopic (exact) mass is 458 g/mol. The van der Waals surface area contributed by atoms with Crippen molar-refractivity contribution >= 4 is 5.97 Å². The number of carboxylic acid groups (broad SMARTS) is 1. The fraction of sp³-hybridized carbons (Fsp3) is 0.667. The maximum absolute atomic E-state index is 13.5. The Balaban J connectivity index is 6.51. The fourth-order valence-corrected chi connectivity index (χ4v) is 1.08. The Bertz CT molecular complexity index is 632. The van der Waals surface area contributed by atoms with E-state index >= 15 is 0 Å². The molecule has 166 valence electrons. The topological polar surface area (TPSA) is 55.8 Å². The highest BCUT2D eigenvalue weighted by atomic mass is 19.4. The molecule has 0 saturated heterocycles. The van der Waals surface area contributed by atoms with Gasteiger partial charge in [0, 0.05) is 0 Å². The summed E-state index contributed by atoms with van der Waals surface area (Å²) in [5.74, 6) is -23.1. The molecule has 2 atom stereocenters. The molecule has 4 nitrogen and oxygen atoms in total. The molecule has 28 heavy (non-hydrogen) atoms. The molecule has 0 aromatic rings. The quantitative estimate of drug-likeness (QED) is 0.556. The number of ether oxygens (including phenoxy) is 2. The summed E-state index contributed by atoms with van der Waals surface area (Å²) in [6, 6.07) is 0. The number of carboxylic acids is 1. The third-order valence-corrected chi connectivity index (χ3v) is 2.34. The number of aliphatic carboxylic acids is 1. The molecule has 0 aliphatic carbocycles. The van der Waals surface area contributed by atoms with Crippen LogP contribution in [0.5, 0.6) is 0 Å². The second kappa shape index (κ2) is 7.16. The average molecular weight is 458 g/mol. The van der Waals surface area contributed by atoms with E-state index in [2.05, 4.69) is 0 Å². The highest BCUT2D eigenvalue weighted by Crippen LogP contribution is 2.53. The molecule has 19 heteroatoms. The molecule has 0 aromatic heterocycles. The summed E-state index contributed by atoms with van der Waals surface area (Å²) in [4.78, 5) is 10.1. The maximum atomic E-state index is 13.5. The Morgan fingerprint density at radius 1 is 0.679 bits per heavy atom. The highest BCUT2D eigenvalue weighted by molar-refractivity contribution is 5.76. The molecule has 0 bridgehead atoms. The minimum absolute atomic E-state index is 1.58. The lowest BCUT2D eigenvalue weighted by molar-refractivity contribution is -0.522. The predicted molar refractivity (Wildman–Crippen MR) is 49.8 cm³/mol. The Morgan fingerprint density at radius 2 is 1.07 bits per heavy atom. The van der Waals surface area contributed by atoms with E-state index in [1.54, 1.807) is 9.47 Å². The summed E-state index contributed by atoms with van der Waals surface area (Å²) in [6.45, 7) is 0. The van der Waals surface area contributed by atoms with E-state index in [4.69, 9.17) is 5.11 Å². The van der Waals surface area contributed by atoms with Crippen molar-refractivity contribution in [2.45, 2.75) is 36.3 Å². The largest absolute Gasteiger partial charge is 0.477 e. The number of carbonyl (C=O) groups is 1. The normalized spacial score (nSPS) is 18.2. The molecule has 0 aliphatic rings. The van der Waals surface area contributed by atoms with Gasteiger partial charge in [0.2, 0.25) is 0 Å². The standard InChI is InChI=1S/C9HF15O4/c10-1(2(11)12)5(14,15)28-6(16,8(20,21)22)9(23,24)27-4(13,3(25)26)7(17,18)19/h(H,25,26). The zero-order valence-corrected chi connectivity index (χ0v) is 11.8. The predicted octanol–water partition coefficient (Wildman–Crippen LogP) is 4.82. The average Bonchev–Trinajstić information content (AvgIpc) is 2.42. The van der Waals surface area contributed by atoms with Crippen molar-refractivity contribution < 1.29 is 85.2 Å². The van der Waals surface area contributed by atoms with Gasteiger partial charge in [-0.3, -0.25) is 9.47 Å². The fourth-order valence-electron chi connectivity index (χ4n) is 1.08. The number of hydrogen-bond donors (Lipinski definition) is 1. The molecule has 0 spiro atoms. The van der Waals surface area contributed by atoms with Crippen LogP contribution in [0.3, 0.4) is 0 Å². The number of hydrogen-bond acceptors (Lipinski definition) is 3. The lowest BCUT2D eigenvalue weighted by Crippen LogP contribution is -2.65. The molecule has 0 aliphatic heterocycles. The van der Waals surface area contributed by atoms with Gasteiger partial charge in [0.15, 0.2) is 0 Å². The smallest absolute Gasteiger partial charge is 0.460 e. The van der Waals surface area contributed by atoms with Crippen molar-refractivity contribution in [3.8, 4) is 0 Å². The molecule has 0 saturated carbocycles. The van der Waals surface area contributed by atoms with E-state index < -0.39 is 54.2 Å². The van der Waals surface area contributed by atoms with Gasteiger partial charge in [-0.2, -0.15) is 65.9 Å². The molecule has 2 unspecified atom stereocenters. The van der Waals surface area contributed by atoms with Gasteiger partial charge in [-0.05, 0) is 0 Å².